The Morgan fingerprint density at radius 3 is 2.74 bits per heavy atom. The van der Waals surface area contributed by atoms with Crippen LogP contribution in [0.3, 0.4) is 0 Å². The molecule has 7 nitrogen and oxygen atoms in total. The van der Waals surface area contributed by atoms with E-state index in [0.29, 0.717) is 25.2 Å². The topological polar surface area (TPSA) is 75.9 Å². The van der Waals surface area contributed by atoms with Gasteiger partial charge in [-0.15, -0.1) is 0 Å². The molecular weight excluding hydrogens is 346 g/mol. The third-order valence-electron chi connectivity index (χ3n) is 5.53. The van der Waals surface area contributed by atoms with E-state index >= 15 is 0 Å². The molecule has 2 aliphatic rings. The molecule has 142 valence electrons. The Hall–Kier alpha value is -2.67. The number of nitrogens with zero attached hydrogens (tertiary/aromatic N) is 3. The van der Waals surface area contributed by atoms with Gasteiger partial charge >= 0.3 is 0 Å². The summed E-state index contributed by atoms with van der Waals surface area (Å²) in [6.07, 6.45) is 2.49. The predicted molar refractivity (Wildman–Crippen MR) is 97.1 cm³/mol. The Balaban J connectivity index is 1.66. The quantitative estimate of drug-likeness (QED) is 0.819. The van der Waals surface area contributed by atoms with Crippen LogP contribution in [0.2, 0.25) is 0 Å². The first-order chi connectivity index (χ1) is 13.1. The summed E-state index contributed by atoms with van der Waals surface area (Å²) in [5.74, 6) is -0.101. The Bertz CT molecular complexity index is 835. The van der Waals surface area contributed by atoms with Crippen LogP contribution in [0.15, 0.2) is 41.1 Å². The van der Waals surface area contributed by atoms with E-state index in [-0.39, 0.29) is 29.7 Å². The molecule has 0 radical (unpaired) electrons. The predicted octanol–water partition coefficient (Wildman–Crippen LogP) is 1.67. The van der Waals surface area contributed by atoms with Crippen molar-refractivity contribution in [2.45, 2.75) is 38.0 Å². The van der Waals surface area contributed by atoms with Crippen molar-refractivity contribution in [1.29, 1.82) is 0 Å². The van der Waals surface area contributed by atoms with Crippen LogP contribution >= 0.6 is 0 Å². The summed E-state index contributed by atoms with van der Waals surface area (Å²) < 4.78 is 10.8. The van der Waals surface area contributed by atoms with Crippen LogP contribution in [0.25, 0.3) is 0 Å². The van der Waals surface area contributed by atoms with E-state index in [1.54, 1.807) is 18.9 Å². The van der Waals surface area contributed by atoms with E-state index in [0.717, 1.165) is 12.0 Å². The molecule has 7 heteroatoms. The van der Waals surface area contributed by atoms with Gasteiger partial charge in [0.15, 0.2) is 6.39 Å². The first-order valence-electron chi connectivity index (χ1n) is 9.16. The van der Waals surface area contributed by atoms with Gasteiger partial charge in [-0.2, -0.15) is 0 Å². The van der Waals surface area contributed by atoms with Gasteiger partial charge in [0.25, 0.3) is 5.91 Å². The van der Waals surface area contributed by atoms with Gasteiger partial charge in [-0.25, -0.2) is 4.98 Å². The van der Waals surface area contributed by atoms with E-state index in [1.165, 1.54) is 6.39 Å². The zero-order valence-corrected chi connectivity index (χ0v) is 15.5. The Morgan fingerprint density at radius 2 is 2.07 bits per heavy atom. The molecule has 0 aliphatic carbocycles. The Labute approximate surface area is 157 Å². The number of hydrogen-bond donors (Lipinski definition) is 0. The number of hydrogen-bond acceptors (Lipinski definition) is 5. The molecule has 2 aromatic rings. The smallest absolute Gasteiger partial charge is 0.292 e. The van der Waals surface area contributed by atoms with Crippen molar-refractivity contribution in [2.75, 3.05) is 20.2 Å². The van der Waals surface area contributed by atoms with Crippen LogP contribution in [0, 0.1) is 6.92 Å². The van der Waals surface area contributed by atoms with Crippen LogP contribution in [-0.2, 0) is 16.0 Å². The SMILES string of the molecule is CO[C@H]1C[C@H]2CN(C(=O)c3ocnc3C)[C@@H](Cc3ccccc3)C(=O)N2C1. The fourth-order valence-corrected chi connectivity index (χ4v) is 4.06. The normalized spacial score (nSPS) is 25.0. The first-order valence-corrected chi connectivity index (χ1v) is 9.16. The highest BCUT2D eigenvalue weighted by molar-refractivity contribution is 5.97. The second-order valence-corrected chi connectivity index (χ2v) is 7.17. The maximum atomic E-state index is 13.3. The summed E-state index contributed by atoms with van der Waals surface area (Å²) in [5.41, 5.74) is 1.55. The third-order valence-corrected chi connectivity index (χ3v) is 5.53. The first kappa shape index (κ1) is 17.7. The fraction of sp³-hybridized carbons (Fsp3) is 0.450. The molecule has 27 heavy (non-hydrogen) atoms. The summed E-state index contributed by atoms with van der Waals surface area (Å²) in [4.78, 5) is 34.0. The number of aryl methyl sites for hydroxylation is 1. The molecule has 2 fully saturated rings. The third kappa shape index (κ3) is 3.23. The maximum absolute atomic E-state index is 13.3. The molecule has 0 saturated carbocycles. The highest BCUT2D eigenvalue weighted by atomic mass is 16.5. The number of oxazole rings is 1. The molecule has 0 N–H and O–H groups in total. The lowest BCUT2D eigenvalue weighted by molar-refractivity contribution is -0.142. The largest absolute Gasteiger partial charge is 0.438 e. The van der Waals surface area contributed by atoms with Crippen LogP contribution in [0.4, 0.5) is 0 Å². The van der Waals surface area contributed by atoms with Crippen molar-refractivity contribution in [3.8, 4) is 0 Å². The molecule has 2 saturated heterocycles. The zero-order chi connectivity index (χ0) is 19.0. The molecule has 1 aromatic carbocycles. The van der Waals surface area contributed by atoms with Gasteiger partial charge in [-0.1, -0.05) is 30.3 Å². The van der Waals surface area contributed by atoms with Crippen molar-refractivity contribution >= 4 is 11.8 Å². The minimum Gasteiger partial charge on any atom is -0.438 e. The standard InChI is InChI=1S/C20H23N3O4/c1-13-18(27-12-21-13)20(25)23-10-15-9-16(26-2)11-22(15)19(24)17(23)8-14-6-4-3-5-7-14/h3-7,12,15-17H,8-11H2,1-2H3/t15-,16-,17-/m0/s1. The second-order valence-electron chi connectivity index (χ2n) is 7.17. The number of fused-ring (bicyclic) bond motifs is 1. The van der Waals surface area contributed by atoms with Crippen molar-refractivity contribution in [2.24, 2.45) is 0 Å². The monoisotopic (exact) mass is 369 g/mol. The number of piperazine rings is 1. The van der Waals surface area contributed by atoms with Gasteiger partial charge in [0.1, 0.15) is 6.04 Å². The van der Waals surface area contributed by atoms with Gasteiger partial charge in [-0.05, 0) is 18.9 Å². The van der Waals surface area contributed by atoms with Gasteiger partial charge < -0.3 is 19.0 Å². The van der Waals surface area contributed by atoms with Crippen LogP contribution in [0.5, 0.6) is 0 Å². The maximum Gasteiger partial charge on any atom is 0.292 e. The van der Waals surface area contributed by atoms with Crippen LogP contribution in [-0.4, -0.2) is 65.0 Å². The van der Waals surface area contributed by atoms with E-state index in [9.17, 15) is 9.59 Å². The summed E-state index contributed by atoms with van der Waals surface area (Å²) in [6, 6.07) is 9.18. The zero-order valence-electron chi connectivity index (χ0n) is 15.5. The Morgan fingerprint density at radius 1 is 1.30 bits per heavy atom. The van der Waals surface area contributed by atoms with E-state index < -0.39 is 6.04 Å². The summed E-state index contributed by atoms with van der Waals surface area (Å²) >= 11 is 0. The molecule has 0 bridgehead atoms. The molecule has 2 aliphatic heterocycles. The molecule has 0 spiro atoms. The number of carbonyl (C=O) groups excluding carboxylic acids is 2. The van der Waals surface area contributed by atoms with Crippen molar-refractivity contribution < 1.29 is 18.7 Å². The molecule has 1 aromatic heterocycles. The van der Waals surface area contributed by atoms with Crippen LogP contribution in [0.1, 0.15) is 28.2 Å². The number of ether oxygens (including phenoxy) is 1. The number of benzene rings is 1. The van der Waals surface area contributed by atoms with Crippen molar-refractivity contribution in [3.63, 3.8) is 0 Å². The average molecular weight is 369 g/mol. The summed E-state index contributed by atoms with van der Waals surface area (Å²) in [7, 11) is 1.66. The number of carbonyl (C=O) groups is 2. The van der Waals surface area contributed by atoms with Gasteiger partial charge in [-0.3, -0.25) is 9.59 Å². The lowest BCUT2D eigenvalue weighted by Gasteiger charge is -2.42. The highest BCUT2D eigenvalue weighted by Gasteiger charge is 2.47. The minimum absolute atomic E-state index is 0.0124. The summed E-state index contributed by atoms with van der Waals surface area (Å²) in [5, 5.41) is 0. The van der Waals surface area contributed by atoms with Gasteiger partial charge in [0.05, 0.1) is 17.8 Å². The van der Waals surface area contributed by atoms with Crippen molar-refractivity contribution in [3.05, 3.63) is 53.7 Å². The van der Waals surface area contributed by atoms with Crippen molar-refractivity contribution in [1.82, 2.24) is 14.8 Å². The number of methoxy groups -OCH3 is 1. The van der Waals surface area contributed by atoms with Crippen LogP contribution < -0.4 is 0 Å². The highest BCUT2D eigenvalue weighted by Crippen LogP contribution is 2.30. The Kier molecular flexibility index (Phi) is 4.70. The van der Waals surface area contributed by atoms with E-state index in [1.807, 2.05) is 35.2 Å². The molecular formula is C20H23N3O4. The van der Waals surface area contributed by atoms with E-state index in [2.05, 4.69) is 4.98 Å². The molecule has 3 atom stereocenters. The van der Waals surface area contributed by atoms with E-state index in [4.69, 9.17) is 9.15 Å². The number of aromatic nitrogens is 1. The average Bonchev–Trinajstić information content (AvgIpc) is 3.30. The number of amides is 2. The second kappa shape index (κ2) is 7.15. The molecule has 4 rings (SSSR count). The number of rotatable bonds is 4. The summed E-state index contributed by atoms with van der Waals surface area (Å²) in [6.45, 7) is 2.79. The van der Waals surface area contributed by atoms with Gasteiger partial charge in [0, 0.05) is 26.6 Å². The molecule has 3 heterocycles. The minimum atomic E-state index is -0.559. The van der Waals surface area contributed by atoms with Gasteiger partial charge in [0.2, 0.25) is 11.7 Å². The lowest BCUT2D eigenvalue weighted by Crippen LogP contribution is -2.61. The molecule has 0 unspecified atom stereocenters. The lowest BCUT2D eigenvalue weighted by atomic mass is 9.98. The molecule has 2 amide bonds. The fourth-order valence-electron chi connectivity index (χ4n) is 4.06.